The van der Waals surface area contributed by atoms with E-state index in [9.17, 15) is 4.79 Å². The molecular weight excluding hydrogens is 260 g/mol. The van der Waals surface area contributed by atoms with Crippen molar-refractivity contribution in [3.8, 4) is 0 Å². The normalized spacial score (nSPS) is 32.2. The summed E-state index contributed by atoms with van der Waals surface area (Å²) >= 11 is 0. The predicted molar refractivity (Wildman–Crippen MR) is 84.7 cm³/mol. The summed E-state index contributed by atoms with van der Waals surface area (Å²) in [6, 6.07) is 11.2. The van der Waals surface area contributed by atoms with Crippen LogP contribution in [0.25, 0.3) is 0 Å². The van der Waals surface area contributed by atoms with Crippen LogP contribution in [0.15, 0.2) is 30.3 Å². The summed E-state index contributed by atoms with van der Waals surface area (Å²) in [4.78, 5) is 12.4. The molecule has 3 N–H and O–H groups in total. The van der Waals surface area contributed by atoms with Gasteiger partial charge in [0.2, 0.25) is 5.91 Å². The van der Waals surface area contributed by atoms with Crippen molar-refractivity contribution in [3.05, 3.63) is 35.9 Å². The van der Waals surface area contributed by atoms with Gasteiger partial charge in [-0.1, -0.05) is 36.8 Å². The van der Waals surface area contributed by atoms with Crippen molar-refractivity contribution in [1.29, 1.82) is 0 Å². The van der Waals surface area contributed by atoms with Crippen LogP contribution >= 0.6 is 0 Å². The van der Waals surface area contributed by atoms with E-state index in [1.807, 2.05) is 0 Å². The van der Waals surface area contributed by atoms with Gasteiger partial charge in [-0.25, -0.2) is 0 Å². The van der Waals surface area contributed by atoms with Crippen molar-refractivity contribution < 1.29 is 4.79 Å². The van der Waals surface area contributed by atoms with E-state index in [0.29, 0.717) is 12.0 Å². The van der Waals surface area contributed by atoms with Gasteiger partial charge in [-0.05, 0) is 50.0 Å². The Bertz CT molecular complexity index is 473. The molecule has 1 amide bonds. The number of hydrogen-bond acceptors (Lipinski definition) is 2. The zero-order valence-electron chi connectivity index (χ0n) is 12.6. The van der Waals surface area contributed by atoms with Crippen molar-refractivity contribution in [3.63, 3.8) is 0 Å². The van der Waals surface area contributed by atoms with Crippen molar-refractivity contribution in [1.82, 2.24) is 5.32 Å². The van der Waals surface area contributed by atoms with Gasteiger partial charge in [0.1, 0.15) is 0 Å². The lowest BCUT2D eigenvalue weighted by Gasteiger charge is -2.23. The molecule has 2 saturated carbocycles. The van der Waals surface area contributed by atoms with Gasteiger partial charge in [0.15, 0.2) is 0 Å². The fraction of sp³-hybridized carbons (Fsp3) is 0.611. The minimum Gasteiger partial charge on any atom is -0.353 e. The van der Waals surface area contributed by atoms with Crippen molar-refractivity contribution >= 4 is 5.91 Å². The molecule has 3 nitrogen and oxygen atoms in total. The third kappa shape index (κ3) is 3.65. The lowest BCUT2D eigenvalue weighted by atomic mass is 9.94. The Labute approximate surface area is 127 Å². The van der Waals surface area contributed by atoms with Gasteiger partial charge >= 0.3 is 0 Å². The molecule has 2 fully saturated rings. The number of benzene rings is 1. The Balaban J connectivity index is 1.55. The summed E-state index contributed by atoms with van der Waals surface area (Å²) in [6.07, 6.45) is 7.48. The molecule has 0 heterocycles. The van der Waals surface area contributed by atoms with Crippen molar-refractivity contribution in [2.24, 2.45) is 17.6 Å². The van der Waals surface area contributed by atoms with Crippen LogP contribution in [0, 0.1) is 11.8 Å². The molecule has 2 aliphatic rings. The van der Waals surface area contributed by atoms with Crippen molar-refractivity contribution in [2.75, 3.05) is 0 Å². The molecule has 3 heteroatoms. The first-order valence-electron chi connectivity index (χ1n) is 8.32. The molecule has 0 aliphatic heterocycles. The summed E-state index contributed by atoms with van der Waals surface area (Å²) in [6.45, 7) is 0. The summed E-state index contributed by atoms with van der Waals surface area (Å²) in [5.74, 6) is 0.984. The maximum absolute atomic E-state index is 12.4. The Morgan fingerprint density at radius 2 is 1.95 bits per heavy atom. The second-order valence-corrected chi connectivity index (χ2v) is 6.77. The van der Waals surface area contributed by atoms with E-state index in [4.69, 9.17) is 5.73 Å². The van der Waals surface area contributed by atoms with E-state index in [1.165, 1.54) is 18.4 Å². The molecule has 1 aromatic carbocycles. The lowest BCUT2D eigenvalue weighted by molar-refractivity contribution is -0.125. The van der Waals surface area contributed by atoms with Gasteiger partial charge in [0.05, 0.1) is 0 Å². The minimum absolute atomic E-state index is 0.151. The van der Waals surface area contributed by atoms with E-state index >= 15 is 0 Å². The Morgan fingerprint density at radius 3 is 2.67 bits per heavy atom. The van der Waals surface area contributed by atoms with Crippen LogP contribution in [-0.4, -0.2) is 18.0 Å². The van der Waals surface area contributed by atoms with E-state index < -0.39 is 0 Å². The van der Waals surface area contributed by atoms with Crippen LogP contribution in [-0.2, 0) is 11.2 Å². The molecule has 114 valence electrons. The number of nitrogens with one attached hydrogen (secondary N) is 1. The Hall–Kier alpha value is -1.35. The summed E-state index contributed by atoms with van der Waals surface area (Å²) in [5, 5.41) is 3.32. The highest BCUT2D eigenvalue weighted by Crippen LogP contribution is 2.30. The van der Waals surface area contributed by atoms with Gasteiger partial charge < -0.3 is 11.1 Å². The molecule has 0 bridgehead atoms. The van der Waals surface area contributed by atoms with E-state index in [2.05, 4.69) is 35.6 Å². The highest BCUT2D eigenvalue weighted by Gasteiger charge is 2.33. The average molecular weight is 286 g/mol. The molecule has 3 rings (SSSR count). The molecule has 1 aromatic rings. The number of nitrogens with two attached hydrogens (primary N) is 1. The summed E-state index contributed by atoms with van der Waals surface area (Å²) in [7, 11) is 0. The largest absolute Gasteiger partial charge is 0.353 e. The van der Waals surface area contributed by atoms with Crippen LogP contribution in [0.2, 0.25) is 0 Å². The first kappa shape index (κ1) is 14.6. The molecule has 0 aromatic heterocycles. The Kier molecular flexibility index (Phi) is 4.59. The predicted octanol–water partition coefficient (Wildman–Crippen LogP) is 2.64. The van der Waals surface area contributed by atoms with Crippen LogP contribution < -0.4 is 11.1 Å². The first-order valence-corrected chi connectivity index (χ1v) is 8.32. The maximum Gasteiger partial charge on any atom is 0.223 e. The van der Waals surface area contributed by atoms with E-state index in [0.717, 1.165) is 32.1 Å². The van der Waals surface area contributed by atoms with E-state index in [-0.39, 0.29) is 17.9 Å². The zero-order valence-corrected chi connectivity index (χ0v) is 12.6. The highest BCUT2D eigenvalue weighted by molar-refractivity contribution is 5.79. The number of rotatable bonds is 4. The molecule has 0 spiro atoms. The molecule has 0 saturated heterocycles. The van der Waals surface area contributed by atoms with E-state index in [1.54, 1.807) is 0 Å². The molecule has 21 heavy (non-hydrogen) atoms. The van der Waals surface area contributed by atoms with Crippen LogP contribution in [0.4, 0.5) is 0 Å². The standard InChI is InChI=1S/C18H26N2O/c19-16-10-9-15(12-16)18(21)20-17-8-4-7-14(17)11-13-5-2-1-3-6-13/h1-3,5-6,14-17H,4,7-12,19H2,(H,20,21). The Morgan fingerprint density at radius 1 is 1.14 bits per heavy atom. The molecule has 4 atom stereocenters. The second-order valence-electron chi connectivity index (χ2n) is 6.77. The summed E-state index contributed by atoms with van der Waals surface area (Å²) < 4.78 is 0. The van der Waals surface area contributed by atoms with Crippen LogP contribution in [0.5, 0.6) is 0 Å². The summed E-state index contributed by atoms with van der Waals surface area (Å²) in [5.41, 5.74) is 7.30. The number of amides is 1. The monoisotopic (exact) mass is 286 g/mol. The number of carbonyl (C=O) groups is 1. The molecule has 4 unspecified atom stereocenters. The topological polar surface area (TPSA) is 55.1 Å². The smallest absolute Gasteiger partial charge is 0.223 e. The van der Waals surface area contributed by atoms with Crippen LogP contribution in [0.1, 0.15) is 44.1 Å². The molecule has 0 radical (unpaired) electrons. The lowest BCUT2D eigenvalue weighted by Crippen LogP contribution is -2.41. The molecule has 2 aliphatic carbocycles. The van der Waals surface area contributed by atoms with Gasteiger partial charge in [0, 0.05) is 18.0 Å². The first-order chi connectivity index (χ1) is 10.2. The highest BCUT2D eigenvalue weighted by atomic mass is 16.1. The third-order valence-corrected chi connectivity index (χ3v) is 5.17. The minimum atomic E-state index is 0.151. The van der Waals surface area contributed by atoms with Crippen LogP contribution in [0.3, 0.4) is 0 Å². The second kappa shape index (κ2) is 6.61. The third-order valence-electron chi connectivity index (χ3n) is 5.17. The maximum atomic E-state index is 12.4. The zero-order chi connectivity index (χ0) is 14.7. The van der Waals surface area contributed by atoms with Gasteiger partial charge in [-0.3, -0.25) is 4.79 Å². The fourth-order valence-corrected chi connectivity index (χ4v) is 3.94. The molecular formula is C18H26N2O. The average Bonchev–Trinajstić information content (AvgIpc) is 3.10. The van der Waals surface area contributed by atoms with Crippen molar-refractivity contribution in [2.45, 2.75) is 57.0 Å². The van der Waals surface area contributed by atoms with Gasteiger partial charge in [-0.15, -0.1) is 0 Å². The number of carbonyl (C=O) groups excluding carboxylic acids is 1. The van der Waals surface area contributed by atoms with Gasteiger partial charge in [-0.2, -0.15) is 0 Å². The van der Waals surface area contributed by atoms with Gasteiger partial charge in [0.25, 0.3) is 0 Å². The SMILES string of the molecule is NC1CCC(C(=O)NC2CCCC2Cc2ccccc2)C1. The quantitative estimate of drug-likeness (QED) is 0.894. The number of hydrogen-bond donors (Lipinski definition) is 2. The fourth-order valence-electron chi connectivity index (χ4n) is 3.94.